The molecule has 18 heavy (non-hydrogen) atoms. The van der Waals surface area contributed by atoms with Crippen molar-refractivity contribution in [2.24, 2.45) is 0 Å². The van der Waals surface area contributed by atoms with Crippen LogP contribution in [0, 0.1) is 10.1 Å². The lowest BCUT2D eigenvalue weighted by Gasteiger charge is -2.03. The maximum atomic E-state index is 11.8. The number of nitrogens with one attached hydrogen (secondary N) is 1. The largest absolute Gasteiger partial charge is 0.295 e. The number of nitro benzene ring substituents is 1. The van der Waals surface area contributed by atoms with Gasteiger partial charge >= 0.3 is 0 Å². The van der Waals surface area contributed by atoms with E-state index in [4.69, 9.17) is 11.6 Å². The van der Waals surface area contributed by atoms with Crippen LogP contribution in [0.4, 0.5) is 10.8 Å². The zero-order valence-corrected chi connectivity index (χ0v) is 10.1. The molecule has 1 aromatic heterocycles. The Morgan fingerprint density at radius 2 is 2.28 bits per heavy atom. The smallest absolute Gasteiger partial charge is 0.270 e. The third-order valence-corrected chi connectivity index (χ3v) is 2.77. The van der Waals surface area contributed by atoms with Crippen molar-refractivity contribution in [1.29, 1.82) is 0 Å². The zero-order chi connectivity index (χ0) is 13.1. The fraction of sp³-hybridized carbons (Fsp3) is 0. The Balaban J connectivity index is 2.29. The van der Waals surface area contributed by atoms with Crippen LogP contribution in [0.1, 0.15) is 10.4 Å². The number of amides is 1. The fourth-order valence-corrected chi connectivity index (χ4v) is 1.71. The second kappa shape index (κ2) is 5.02. The van der Waals surface area contributed by atoms with Gasteiger partial charge in [-0.3, -0.25) is 20.2 Å². The van der Waals surface area contributed by atoms with Crippen LogP contribution in [0.2, 0.25) is 5.02 Å². The number of carbonyl (C=O) groups is 1. The number of aromatic nitrogens is 3. The molecule has 8 nitrogen and oxygen atoms in total. The number of nitrogens with zero attached hydrogens (tertiary/aromatic N) is 4. The summed E-state index contributed by atoms with van der Waals surface area (Å²) >= 11 is 6.69. The van der Waals surface area contributed by atoms with Crippen LogP contribution in [0.15, 0.2) is 18.2 Å². The summed E-state index contributed by atoms with van der Waals surface area (Å²) in [4.78, 5) is 21.8. The summed E-state index contributed by atoms with van der Waals surface area (Å²) in [5.41, 5.74) is -0.235. The van der Waals surface area contributed by atoms with Gasteiger partial charge in [0.25, 0.3) is 11.6 Å². The molecule has 2 aromatic rings. The van der Waals surface area contributed by atoms with Gasteiger partial charge in [-0.05, 0) is 11.3 Å². The quantitative estimate of drug-likeness (QED) is 0.679. The highest BCUT2D eigenvalue weighted by Crippen LogP contribution is 2.23. The topological polar surface area (TPSA) is 111 Å². The Labute approximate surface area is 109 Å². The van der Waals surface area contributed by atoms with Crippen LogP contribution < -0.4 is 5.32 Å². The number of anilines is 1. The average Bonchev–Trinajstić information content (AvgIpc) is 2.81. The minimum atomic E-state index is -0.611. The summed E-state index contributed by atoms with van der Waals surface area (Å²) in [7, 11) is 0. The Morgan fingerprint density at radius 1 is 1.50 bits per heavy atom. The van der Waals surface area contributed by atoms with E-state index in [-0.39, 0.29) is 21.4 Å². The zero-order valence-electron chi connectivity index (χ0n) is 8.53. The molecule has 0 aliphatic heterocycles. The molecule has 0 radical (unpaired) electrons. The molecule has 1 N–H and O–H groups in total. The second-order valence-electron chi connectivity index (χ2n) is 3.04. The number of nitro groups is 1. The van der Waals surface area contributed by atoms with Crippen molar-refractivity contribution >= 4 is 39.9 Å². The predicted octanol–water partition coefficient (Wildman–Crippen LogP) is 1.75. The molecule has 10 heteroatoms. The van der Waals surface area contributed by atoms with Crippen LogP contribution in [0.3, 0.4) is 0 Å². The normalized spacial score (nSPS) is 10.1. The maximum Gasteiger partial charge on any atom is 0.270 e. The van der Waals surface area contributed by atoms with Crippen molar-refractivity contribution in [3.05, 3.63) is 38.9 Å². The Kier molecular flexibility index (Phi) is 3.44. The van der Waals surface area contributed by atoms with E-state index in [2.05, 4.69) is 20.1 Å². The van der Waals surface area contributed by atoms with Crippen LogP contribution in [-0.2, 0) is 0 Å². The first-order chi connectivity index (χ1) is 8.58. The molecule has 0 unspecified atom stereocenters. The van der Waals surface area contributed by atoms with Gasteiger partial charge in [-0.2, -0.15) is 0 Å². The van der Waals surface area contributed by atoms with Crippen molar-refractivity contribution in [3.63, 3.8) is 0 Å². The lowest BCUT2D eigenvalue weighted by Crippen LogP contribution is -2.12. The highest BCUT2D eigenvalue weighted by Gasteiger charge is 2.16. The molecule has 0 bridgehead atoms. The van der Waals surface area contributed by atoms with Gasteiger partial charge in [0.1, 0.15) is 0 Å². The molecule has 1 heterocycles. The first-order valence-corrected chi connectivity index (χ1v) is 5.63. The van der Waals surface area contributed by atoms with Gasteiger partial charge < -0.3 is 0 Å². The predicted molar refractivity (Wildman–Crippen MR) is 63.8 cm³/mol. The highest BCUT2D eigenvalue weighted by atomic mass is 35.5. The summed E-state index contributed by atoms with van der Waals surface area (Å²) < 4.78 is 3.46. The summed E-state index contributed by atoms with van der Waals surface area (Å²) in [6, 6.07) is 3.59. The van der Waals surface area contributed by atoms with Gasteiger partial charge in [-0.1, -0.05) is 21.2 Å². The third kappa shape index (κ3) is 2.57. The first kappa shape index (κ1) is 12.3. The van der Waals surface area contributed by atoms with Gasteiger partial charge in [0.2, 0.25) is 5.13 Å². The van der Waals surface area contributed by atoms with Crippen molar-refractivity contribution in [3.8, 4) is 0 Å². The van der Waals surface area contributed by atoms with Crippen LogP contribution in [-0.4, -0.2) is 25.6 Å². The molecule has 0 saturated heterocycles. The van der Waals surface area contributed by atoms with Crippen LogP contribution in [0.5, 0.6) is 0 Å². The first-order valence-electron chi connectivity index (χ1n) is 4.48. The van der Waals surface area contributed by atoms with E-state index in [9.17, 15) is 14.9 Å². The number of hydrogen-bond acceptors (Lipinski definition) is 7. The van der Waals surface area contributed by atoms with Crippen molar-refractivity contribution in [2.75, 3.05) is 5.32 Å². The van der Waals surface area contributed by atoms with E-state index in [1.165, 1.54) is 12.1 Å². The minimum absolute atomic E-state index is 0.0129. The molecule has 1 aromatic carbocycles. The molecule has 0 saturated carbocycles. The van der Waals surface area contributed by atoms with Crippen LogP contribution in [0.25, 0.3) is 0 Å². The highest BCUT2D eigenvalue weighted by molar-refractivity contribution is 7.09. The van der Waals surface area contributed by atoms with Gasteiger partial charge in [-0.15, -0.1) is 0 Å². The third-order valence-electron chi connectivity index (χ3n) is 1.93. The average molecular weight is 286 g/mol. The fourth-order valence-electron chi connectivity index (χ4n) is 1.15. The number of rotatable bonds is 3. The van der Waals surface area contributed by atoms with Gasteiger partial charge in [0.15, 0.2) is 0 Å². The standard InChI is InChI=1S/C8H4ClN5O3S/c9-6-2-1-4(14(16)17)3-5(6)7(15)10-8-11-12-13-18-8/h1-3H,(H,10,11,13,15). The summed E-state index contributed by atoms with van der Waals surface area (Å²) in [5.74, 6) is -0.609. The van der Waals surface area contributed by atoms with E-state index >= 15 is 0 Å². The molecule has 0 aliphatic carbocycles. The summed E-state index contributed by atoms with van der Waals surface area (Å²) in [5, 5.41) is 20.1. The van der Waals surface area contributed by atoms with Gasteiger partial charge in [0.05, 0.1) is 15.5 Å². The molecule has 0 aliphatic rings. The van der Waals surface area contributed by atoms with Crippen molar-refractivity contribution < 1.29 is 9.72 Å². The summed E-state index contributed by atoms with van der Waals surface area (Å²) in [6.07, 6.45) is 0. The lowest BCUT2D eigenvalue weighted by molar-refractivity contribution is -0.384. The Morgan fingerprint density at radius 3 is 2.89 bits per heavy atom. The molecule has 92 valence electrons. The molecule has 1 amide bonds. The van der Waals surface area contributed by atoms with E-state index < -0.39 is 10.8 Å². The molecule has 2 rings (SSSR count). The molecule has 0 atom stereocenters. The van der Waals surface area contributed by atoms with E-state index in [0.717, 1.165) is 17.6 Å². The molecular weight excluding hydrogens is 282 g/mol. The van der Waals surface area contributed by atoms with Gasteiger partial charge in [-0.25, -0.2) is 0 Å². The number of non-ortho nitro benzene ring substituents is 1. The van der Waals surface area contributed by atoms with E-state index in [1.807, 2.05) is 0 Å². The van der Waals surface area contributed by atoms with Crippen molar-refractivity contribution in [1.82, 2.24) is 14.8 Å². The molecule has 0 fully saturated rings. The number of benzene rings is 1. The van der Waals surface area contributed by atoms with Crippen molar-refractivity contribution in [2.45, 2.75) is 0 Å². The minimum Gasteiger partial charge on any atom is -0.295 e. The Hall–Kier alpha value is -2.13. The van der Waals surface area contributed by atoms with E-state index in [1.54, 1.807) is 0 Å². The number of carbonyl (C=O) groups excluding carboxylic acids is 1. The number of hydrogen-bond donors (Lipinski definition) is 1. The monoisotopic (exact) mass is 285 g/mol. The molecule has 0 spiro atoms. The lowest BCUT2D eigenvalue weighted by atomic mass is 10.2. The second-order valence-corrected chi connectivity index (χ2v) is 4.18. The molecular formula is C8H4ClN5O3S. The van der Waals surface area contributed by atoms with Crippen LogP contribution >= 0.6 is 23.1 Å². The van der Waals surface area contributed by atoms with E-state index in [0.29, 0.717) is 0 Å². The SMILES string of the molecule is O=C(Nc1nnns1)c1cc([N+](=O)[O-])ccc1Cl. The summed E-state index contributed by atoms with van der Waals surface area (Å²) in [6.45, 7) is 0. The van der Waals surface area contributed by atoms with Gasteiger partial charge in [0, 0.05) is 23.7 Å². The number of halogens is 1. The maximum absolute atomic E-state index is 11.8. The Bertz CT molecular complexity index is 603.